The first-order chi connectivity index (χ1) is 10.6. The topological polar surface area (TPSA) is 106 Å². The van der Waals surface area contributed by atoms with Crippen LogP contribution in [0.5, 0.6) is 0 Å². The molecule has 3 rings (SSSR count). The van der Waals surface area contributed by atoms with Crippen molar-refractivity contribution in [2.45, 2.75) is 45.1 Å². The summed E-state index contributed by atoms with van der Waals surface area (Å²) >= 11 is 0. The summed E-state index contributed by atoms with van der Waals surface area (Å²) in [7, 11) is 0. The van der Waals surface area contributed by atoms with E-state index in [1.54, 1.807) is 6.20 Å². The van der Waals surface area contributed by atoms with Gasteiger partial charge < -0.3 is 11.1 Å². The first kappa shape index (κ1) is 14.5. The first-order valence-electron chi connectivity index (χ1n) is 7.59. The second-order valence-electron chi connectivity index (χ2n) is 5.72. The van der Waals surface area contributed by atoms with Crippen LogP contribution in [0, 0.1) is 6.92 Å². The number of amides is 2. The van der Waals surface area contributed by atoms with Crippen LogP contribution in [0.1, 0.15) is 37.7 Å². The summed E-state index contributed by atoms with van der Waals surface area (Å²) in [5.41, 5.74) is 7.02. The van der Waals surface area contributed by atoms with Crippen molar-refractivity contribution in [3.8, 4) is 0 Å². The molecule has 0 saturated heterocycles. The molecule has 1 aliphatic carbocycles. The van der Waals surface area contributed by atoms with Crippen LogP contribution in [-0.4, -0.2) is 27.0 Å². The summed E-state index contributed by atoms with van der Waals surface area (Å²) in [5, 5.41) is 6.60. The number of carbonyl (C=O) groups excluding carboxylic acids is 1. The van der Waals surface area contributed by atoms with Crippen molar-refractivity contribution < 1.29 is 4.79 Å². The molecule has 22 heavy (non-hydrogen) atoms. The predicted molar refractivity (Wildman–Crippen MR) is 85.5 cm³/mol. The minimum absolute atomic E-state index is 0.170. The number of nitrogen functional groups attached to an aromatic ring is 1. The molecular weight excluding hydrogens is 280 g/mol. The van der Waals surface area contributed by atoms with Gasteiger partial charge in [0.25, 0.3) is 0 Å². The Morgan fingerprint density at radius 3 is 2.82 bits per heavy atom. The zero-order chi connectivity index (χ0) is 15.5. The van der Waals surface area contributed by atoms with E-state index in [-0.39, 0.29) is 18.0 Å². The molecule has 116 valence electrons. The Bertz CT molecular complexity index is 696. The first-order valence-corrected chi connectivity index (χ1v) is 7.59. The average Bonchev–Trinajstić information content (AvgIpc) is 2.47. The van der Waals surface area contributed by atoms with Crippen LogP contribution >= 0.6 is 0 Å². The van der Waals surface area contributed by atoms with E-state index in [2.05, 4.69) is 25.6 Å². The number of aryl methyl sites for hydroxylation is 1. The van der Waals surface area contributed by atoms with Gasteiger partial charge in [0, 0.05) is 17.6 Å². The van der Waals surface area contributed by atoms with Gasteiger partial charge in [-0.1, -0.05) is 19.3 Å². The molecule has 7 nitrogen and oxygen atoms in total. The van der Waals surface area contributed by atoms with E-state index in [0.29, 0.717) is 11.5 Å². The van der Waals surface area contributed by atoms with Gasteiger partial charge in [0.15, 0.2) is 5.65 Å². The molecule has 2 aromatic heterocycles. The Hall–Kier alpha value is -2.44. The number of aromatic nitrogens is 3. The third kappa shape index (κ3) is 3.24. The normalized spacial score (nSPS) is 15.7. The van der Waals surface area contributed by atoms with Crippen LogP contribution in [0.25, 0.3) is 11.0 Å². The van der Waals surface area contributed by atoms with Gasteiger partial charge in [0.05, 0.1) is 0 Å². The van der Waals surface area contributed by atoms with Gasteiger partial charge in [-0.15, -0.1) is 0 Å². The van der Waals surface area contributed by atoms with Gasteiger partial charge in [0.1, 0.15) is 5.82 Å². The molecule has 1 saturated carbocycles. The Labute approximate surface area is 128 Å². The fraction of sp³-hybridized carbons (Fsp3) is 0.467. The summed E-state index contributed by atoms with van der Waals surface area (Å²) in [6.07, 6.45) is 7.34. The number of pyridine rings is 1. The lowest BCUT2D eigenvalue weighted by atomic mass is 9.96. The van der Waals surface area contributed by atoms with Gasteiger partial charge in [-0.3, -0.25) is 5.32 Å². The van der Waals surface area contributed by atoms with Crippen LogP contribution in [0.3, 0.4) is 0 Å². The highest BCUT2D eigenvalue weighted by Crippen LogP contribution is 2.19. The third-order valence-corrected chi connectivity index (χ3v) is 3.97. The highest BCUT2D eigenvalue weighted by molar-refractivity contribution is 5.90. The van der Waals surface area contributed by atoms with E-state index >= 15 is 0 Å². The van der Waals surface area contributed by atoms with Crippen molar-refractivity contribution >= 4 is 28.8 Å². The number of rotatable bonds is 2. The number of nitrogens with one attached hydrogen (secondary N) is 2. The maximum atomic E-state index is 12.1. The number of carbonyl (C=O) groups is 1. The quantitative estimate of drug-likeness (QED) is 0.789. The number of hydrogen-bond acceptors (Lipinski definition) is 5. The van der Waals surface area contributed by atoms with Crippen molar-refractivity contribution in [2.75, 3.05) is 11.1 Å². The molecule has 0 aromatic carbocycles. The van der Waals surface area contributed by atoms with Crippen molar-refractivity contribution in [2.24, 2.45) is 0 Å². The highest BCUT2D eigenvalue weighted by atomic mass is 16.2. The highest BCUT2D eigenvalue weighted by Gasteiger charge is 2.16. The molecule has 0 unspecified atom stereocenters. The minimum atomic E-state index is -0.222. The van der Waals surface area contributed by atoms with E-state index in [9.17, 15) is 4.79 Å². The third-order valence-electron chi connectivity index (χ3n) is 3.97. The van der Waals surface area contributed by atoms with Crippen molar-refractivity contribution in [1.29, 1.82) is 0 Å². The Balaban J connectivity index is 1.74. The molecule has 2 amide bonds. The average molecular weight is 300 g/mol. The smallest absolute Gasteiger partial charge is 0.320 e. The van der Waals surface area contributed by atoms with Gasteiger partial charge in [-0.05, 0) is 31.4 Å². The van der Waals surface area contributed by atoms with Crippen LogP contribution in [0.15, 0.2) is 12.3 Å². The second-order valence-corrected chi connectivity index (χ2v) is 5.72. The predicted octanol–water partition coefficient (Wildman–Crippen LogP) is 2.37. The van der Waals surface area contributed by atoms with E-state index in [1.807, 2.05) is 13.0 Å². The number of nitrogens with two attached hydrogens (primary N) is 1. The minimum Gasteiger partial charge on any atom is -0.368 e. The van der Waals surface area contributed by atoms with Crippen LogP contribution in [0.4, 0.5) is 16.6 Å². The van der Waals surface area contributed by atoms with E-state index in [0.717, 1.165) is 23.8 Å². The molecule has 2 aromatic rings. The summed E-state index contributed by atoms with van der Waals surface area (Å²) in [5.74, 6) is 0.639. The number of fused-ring (bicyclic) bond motifs is 1. The molecule has 2 heterocycles. The number of hydrogen-bond donors (Lipinski definition) is 3. The Kier molecular flexibility index (Phi) is 4.04. The molecular formula is C15H20N6O. The molecule has 0 radical (unpaired) electrons. The van der Waals surface area contributed by atoms with Gasteiger partial charge >= 0.3 is 6.03 Å². The lowest BCUT2D eigenvalue weighted by Gasteiger charge is -2.22. The van der Waals surface area contributed by atoms with Crippen molar-refractivity contribution in [1.82, 2.24) is 20.3 Å². The number of urea groups is 1. The lowest BCUT2D eigenvalue weighted by Crippen LogP contribution is -2.39. The summed E-state index contributed by atoms with van der Waals surface area (Å²) in [6, 6.07) is 1.84. The van der Waals surface area contributed by atoms with E-state index < -0.39 is 0 Å². The molecule has 1 fully saturated rings. The van der Waals surface area contributed by atoms with Gasteiger partial charge in [-0.2, -0.15) is 4.98 Å². The SMILES string of the molecule is Cc1cc(NC(=O)NC2CCCCC2)nc2nc(N)ncc12. The van der Waals surface area contributed by atoms with Crippen LogP contribution < -0.4 is 16.4 Å². The van der Waals surface area contributed by atoms with Crippen molar-refractivity contribution in [3.63, 3.8) is 0 Å². The maximum Gasteiger partial charge on any atom is 0.320 e. The standard InChI is InChI=1S/C15H20N6O/c1-9-7-12(19-13-11(9)8-17-14(16)21-13)20-15(22)18-10-5-3-2-4-6-10/h7-8,10H,2-6H2,1H3,(H4,16,17,18,19,20,21,22). The van der Waals surface area contributed by atoms with Crippen LogP contribution in [-0.2, 0) is 0 Å². The zero-order valence-electron chi connectivity index (χ0n) is 12.6. The fourth-order valence-corrected chi connectivity index (χ4v) is 2.83. The monoisotopic (exact) mass is 300 g/mol. The molecule has 0 aliphatic heterocycles. The fourth-order valence-electron chi connectivity index (χ4n) is 2.83. The molecule has 0 spiro atoms. The molecule has 0 atom stereocenters. The van der Waals surface area contributed by atoms with Crippen LogP contribution in [0.2, 0.25) is 0 Å². The lowest BCUT2D eigenvalue weighted by molar-refractivity contribution is 0.244. The number of anilines is 2. The largest absolute Gasteiger partial charge is 0.368 e. The Morgan fingerprint density at radius 1 is 1.27 bits per heavy atom. The van der Waals surface area contributed by atoms with Gasteiger partial charge in [-0.25, -0.2) is 14.8 Å². The second kappa shape index (κ2) is 6.13. The molecule has 4 N–H and O–H groups in total. The summed E-state index contributed by atoms with van der Waals surface area (Å²) in [6.45, 7) is 1.92. The summed E-state index contributed by atoms with van der Waals surface area (Å²) in [4.78, 5) is 24.5. The van der Waals surface area contributed by atoms with E-state index in [1.165, 1.54) is 19.3 Å². The molecule has 1 aliphatic rings. The maximum absolute atomic E-state index is 12.1. The molecule has 7 heteroatoms. The summed E-state index contributed by atoms with van der Waals surface area (Å²) < 4.78 is 0. The van der Waals surface area contributed by atoms with Gasteiger partial charge in [0.2, 0.25) is 5.95 Å². The van der Waals surface area contributed by atoms with E-state index in [4.69, 9.17) is 5.73 Å². The zero-order valence-corrected chi connectivity index (χ0v) is 12.6. The van der Waals surface area contributed by atoms with Crippen molar-refractivity contribution in [3.05, 3.63) is 17.8 Å². The number of nitrogens with zero attached hydrogens (tertiary/aromatic N) is 3. The Morgan fingerprint density at radius 2 is 2.05 bits per heavy atom. The molecule has 0 bridgehead atoms.